The standard InChI is InChI=1S/C20H20N2O3S/c1-4-25-16-11-7-9-14(18(16)24-3)12-17-19(23)22-20(26-17)21-15-10-6-5-8-13(15)2/h5-12H,4H2,1-3H3,(H,21,22,23). The molecule has 0 bridgehead atoms. The van der Waals surface area contributed by atoms with E-state index in [-0.39, 0.29) is 5.91 Å². The van der Waals surface area contributed by atoms with Crippen LogP contribution >= 0.6 is 11.8 Å². The molecule has 1 aliphatic rings. The highest BCUT2D eigenvalue weighted by molar-refractivity contribution is 8.18. The minimum Gasteiger partial charge on any atom is -0.492 e. The van der Waals surface area contributed by atoms with E-state index in [9.17, 15) is 4.79 Å². The van der Waals surface area contributed by atoms with Gasteiger partial charge in [0.15, 0.2) is 16.7 Å². The van der Waals surface area contributed by atoms with Crippen molar-refractivity contribution in [3.05, 3.63) is 58.5 Å². The average molecular weight is 368 g/mol. The van der Waals surface area contributed by atoms with Crippen LogP contribution in [0.15, 0.2) is 52.4 Å². The number of carbonyl (C=O) groups is 1. The molecule has 3 rings (SSSR count). The van der Waals surface area contributed by atoms with E-state index in [4.69, 9.17) is 9.47 Å². The van der Waals surface area contributed by atoms with Gasteiger partial charge in [0.05, 0.1) is 24.3 Å². The molecule has 1 fully saturated rings. The second-order valence-corrected chi connectivity index (χ2v) is 6.61. The molecule has 1 heterocycles. The van der Waals surface area contributed by atoms with Crippen LogP contribution in [-0.2, 0) is 4.79 Å². The monoisotopic (exact) mass is 368 g/mol. The zero-order chi connectivity index (χ0) is 18.5. The molecule has 134 valence electrons. The normalized spacial score (nSPS) is 16.8. The van der Waals surface area contributed by atoms with Crippen molar-refractivity contribution in [1.82, 2.24) is 5.32 Å². The molecule has 2 aromatic rings. The van der Waals surface area contributed by atoms with E-state index in [1.165, 1.54) is 11.8 Å². The Kier molecular flexibility index (Phi) is 5.63. The fourth-order valence-corrected chi connectivity index (χ4v) is 3.38. The lowest BCUT2D eigenvalue weighted by molar-refractivity contribution is -0.115. The van der Waals surface area contributed by atoms with E-state index in [0.717, 1.165) is 16.8 Å². The molecule has 0 aliphatic carbocycles. The third-order valence-corrected chi connectivity index (χ3v) is 4.70. The highest BCUT2D eigenvalue weighted by atomic mass is 32.2. The molecule has 26 heavy (non-hydrogen) atoms. The van der Waals surface area contributed by atoms with Crippen LogP contribution < -0.4 is 14.8 Å². The number of aryl methyl sites for hydroxylation is 1. The molecule has 1 aliphatic heterocycles. The van der Waals surface area contributed by atoms with Crippen LogP contribution in [0.3, 0.4) is 0 Å². The van der Waals surface area contributed by atoms with Crippen molar-refractivity contribution in [3.63, 3.8) is 0 Å². The summed E-state index contributed by atoms with van der Waals surface area (Å²) in [6, 6.07) is 13.4. The zero-order valence-corrected chi connectivity index (χ0v) is 15.7. The number of para-hydroxylation sites is 2. The lowest BCUT2D eigenvalue weighted by Gasteiger charge is -2.11. The molecule has 0 atom stereocenters. The third-order valence-electron chi connectivity index (χ3n) is 3.79. The Balaban J connectivity index is 1.90. The summed E-state index contributed by atoms with van der Waals surface area (Å²) < 4.78 is 11.1. The van der Waals surface area contributed by atoms with Gasteiger partial charge in [0.1, 0.15) is 0 Å². The number of carbonyl (C=O) groups excluding carboxylic acids is 1. The van der Waals surface area contributed by atoms with E-state index in [2.05, 4.69) is 10.3 Å². The molecule has 2 aromatic carbocycles. The molecule has 1 saturated heterocycles. The second-order valence-electron chi connectivity index (χ2n) is 5.58. The fourth-order valence-electron chi connectivity index (χ4n) is 2.55. The topological polar surface area (TPSA) is 59.9 Å². The van der Waals surface area contributed by atoms with Gasteiger partial charge in [0.25, 0.3) is 5.91 Å². The van der Waals surface area contributed by atoms with Crippen molar-refractivity contribution in [2.75, 3.05) is 13.7 Å². The van der Waals surface area contributed by atoms with Crippen LogP contribution in [0.2, 0.25) is 0 Å². The number of nitrogens with one attached hydrogen (secondary N) is 1. The summed E-state index contributed by atoms with van der Waals surface area (Å²) in [6.45, 7) is 4.44. The van der Waals surface area contributed by atoms with Crippen LogP contribution in [0.4, 0.5) is 5.69 Å². The van der Waals surface area contributed by atoms with Gasteiger partial charge in [0.2, 0.25) is 0 Å². The predicted octanol–water partition coefficient (Wildman–Crippen LogP) is 4.29. The smallest absolute Gasteiger partial charge is 0.264 e. The Hall–Kier alpha value is -2.73. The molecule has 5 nitrogen and oxygen atoms in total. The van der Waals surface area contributed by atoms with Crippen LogP contribution in [0.1, 0.15) is 18.1 Å². The summed E-state index contributed by atoms with van der Waals surface area (Å²) in [4.78, 5) is 17.4. The second kappa shape index (κ2) is 8.10. The Labute approximate surface area is 157 Å². The first-order valence-electron chi connectivity index (χ1n) is 8.27. The van der Waals surface area contributed by atoms with E-state index < -0.39 is 0 Å². The molecule has 0 aromatic heterocycles. The van der Waals surface area contributed by atoms with Gasteiger partial charge in [-0.25, -0.2) is 4.99 Å². The average Bonchev–Trinajstić information content (AvgIpc) is 2.97. The highest BCUT2D eigenvalue weighted by Crippen LogP contribution is 2.35. The largest absolute Gasteiger partial charge is 0.492 e. The van der Waals surface area contributed by atoms with Crippen LogP contribution in [0, 0.1) is 6.92 Å². The molecule has 0 radical (unpaired) electrons. The number of aliphatic imine (C=N–C) groups is 1. The minimum absolute atomic E-state index is 0.175. The van der Waals surface area contributed by atoms with E-state index in [1.54, 1.807) is 13.2 Å². The summed E-state index contributed by atoms with van der Waals surface area (Å²) >= 11 is 1.31. The van der Waals surface area contributed by atoms with Crippen LogP contribution in [-0.4, -0.2) is 24.8 Å². The van der Waals surface area contributed by atoms with Crippen LogP contribution in [0.25, 0.3) is 6.08 Å². The van der Waals surface area contributed by atoms with Gasteiger partial charge < -0.3 is 14.8 Å². The third kappa shape index (κ3) is 3.91. The highest BCUT2D eigenvalue weighted by Gasteiger charge is 2.24. The van der Waals surface area contributed by atoms with Crippen molar-refractivity contribution in [1.29, 1.82) is 0 Å². The first-order chi connectivity index (χ1) is 12.6. The number of amidine groups is 1. The van der Waals surface area contributed by atoms with Gasteiger partial charge in [-0.2, -0.15) is 0 Å². The number of methoxy groups -OCH3 is 1. The summed E-state index contributed by atoms with van der Waals surface area (Å²) in [5, 5.41) is 3.38. The molecular formula is C20H20N2O3S. The van der Waals surface area contributed by atoms with Crippen molar-refractivity contribution in [3.8, 4) is 11.5 Å². The van der Waals surface area contributed by atoms with Gasteiger partial charge in [-0.15, -0.1) is 0 Å². The molecule has 6 heteroatoms. The molecule has 1 amide bonds. The van der Waals surface area contributed by atoms with Gasteiger partial charge in [-0.3, -0.25) is 4.79 Å². The van der Waals surface area contributed by atoms with Gasteiger partial charge in [0, 0.05) is 5.56 Å². The number of nitrogens with zero attached hydrogens (tertiary/aromatic N) is 1. The quantitative estimate of drug-likeness (QED) is 0.800. The molecule has 0 saturated carbocycles. The first-order valence-corrected chi connectivity index (χ1v) is 9.09. The number of rotatable bonds is 5. The van der Waals surface area contributed by atoms with E-state index in [0.29, 0.717) is 28.2 Å². The maximum absolute atomic E-state index is 12.3. The molecule has 0 spiro atoms. The fraction of sp³-hybridized carbons (Fsp3) is 0.200. The number of amides is 1. The summed E-state index contributed by atoms with van der Waals surface area (Å²) in [5.74, 6) is 1.09. The molecular weight excluding hydrogens is 348 g/mol. The maximum atomic E-state index is 12.3. The lowest BCUT2D eigenvalue weighted by Crippen LogP contribution is -2.19. The van der Waals surface area contributed by atoms with Gasteiger partial charge in [-0.05, 0) is 49.4 Å². The van der Waals surface area contributed by atoms with Crippen molar-refractivity contribution in [2.45, 2.75) is 13.8 Å². The van der Waals surface area contributed by atoms with Gasteiger partial charge in [-0.1, -0.05) is 30.3 Å². The predicted molar refractivity (Wildman–Crippen MR) is 106 cm³/mol. The number of hydrogen-bond donors (Lipinski definition) is 1. The Morgan fingerprint density at radius 3 is 2.73 bits per heavy atom. The van der Waals surface area contributed by atoms with Crippen molar-refractivity contribution >= 4 is 34.6 Å². The number of ether oxygens (including phenoxy) is 2. The Bertz CT molecular complexity index is 890. The number of thioether (sulfide) groups is 1. The molecule has 1 N–H and O–H groups in total. The first kappa shape index (κ1) is 18.1. The minimum atomic E-state index is -0.175. The SMILES string of the molecule is CCOc1cccc(C=C2SC(=Nc3ccccc3C)NC2=O)c1OC. The van der Waals surface area contributed by atoms with Crippen molar-refractivity contribution < 1.29 is 14.3 Å². The van der Waals surface area contributed by atoms with Crippen LogP contribution in [0.5, 0.6) is 11.5 Å². The Morgan fingerprint density at radius 2 is 2.00 bits per heavy atom. The van der Waals surface area contributed by atoms with Crippen molar-refractivity contribution in [2.24, 2.45) is 4.99 Å². The van der Waals surface area contributed by atoms with Gasteiger partial charge >= 0.3 is 0 Å². The summed E-state index contributed by atoms with van der Waals surface area (Å²) in [6.07, 6.45) is 1.79. The summed E-state index contributed by atoms with van der Waals surface area (Å²) in [7, 11) is 1.59. The summed E-state index contributed by atoms with van der Waals surface area (Å²) in [5.41, 5.74) is 2.68. The number of benzene rings is 2. The van der Waals surface area contributed by atoms with E-state index in [1.807, 2.05) is 56.3 Å². The molecule has 0 unspecified atom stereocenters. The lowest BCUT2D eigenvalue weighted by atomic mass is 10.1. The maximum Gasteiger partial charge on any atom is 0.264 e. The number of hydrogen-bond acceptors (Lipinski definition) is 5. The van der Waals surface area contributed by atoms with E-state index >= 15 is 0 Å². The zero-order valence-electron chi connectivity index (χ0n) is 14.9. The Morgan fingerprint density at radius 1 is 1.19 bits per heavy atom.